The van der Waals surface area contributed by atoms with Gasteiger partial charge in [-0.2, -0.15) is 10.1 Å². The zero-order chi connectivity index (χ0) is 24.4. The van der Waals surface area contributed by atoms with Gasteiger partial charge in [-0.05, 0) is 37.3 Å². The van der Waals surface area contributed by atoms with Crippen molar-refractivity contribution in [3.8, 4) is 5.88 Å². The molecule has 0 saturated heterocycles. The lowest BCUT2D eigenvalue weighted by Crippen LogP contribution is -2.40. The molecular weight excluding hydrogens is 466 g/mol. The Morgan fingerprint density at radius 1 is 1.31 bits per heavy atom. The number of nitrogens with one attached hydrogen (secondary N) is 2. The summed E-state index contributed by atoms with van der Waals surface area (Å²) in [6.45, 7) is 4.05. The highest BCUT2D eigenvalue weighted by Gasteiger charge is 2.31. The van der Waals surface area contributed by atoms with Crippen LogP contribution in [0, 0.1) is 5.92 Å². The first-order valence-corrected chi connectivity index (χ1v) is 12.6. The van der Waals surface area contributed by atoms with E-state index in [0.717, 1.165) is 47.8 Å². The molecule has 4 aromatic rings. The molecule has 1 aliphatic carbocycles. The molecule has 35 heavy (non-hydrogen) atoms. The quantitative estimate of drug-likeness (QED) is 0.361. The van der Waals surface area contributed by atoms with Crippen LogP contribution in [0.4, 0.5) is 11.5 Å². The first-order valence-electron chi connectivity index (χ1n) is 11.8. The Morgan fingerprint density at radius 2 is 2.20 bits per heavy atom. The molecule has 4 aromatic heterocycles. The van der Waals surface area contributed by atoms with Crippen LogP contribution in [0.1, 0.15) is 30.2 Å². The Kier molecular flexibility index (Phi) is 6.78. The average Bonchev–Trinajstić information content (AvgIpc) is 3.49. The number of nitrogens with zero attached hydrogens (tertiary/aromatic N) is 5. The summed E-state index contributed by atoms with van der Waals surface area (Å²) in [5.74, 6) is 1.38. The van der Waals surface area contributed by atoms with E-state index in [9.17, 15) is 4.79 Å². The topological polar surface area (TPSA) is 118 Å². The highest BCUT2D eigenvalue weighted by Crippen LogP contribution is 2.41. The third-order valence-corrected chi connectivity index (χ3v) is 7.56. The molecule has 0 aliphatic heterocycles. The van der Waals surface area contributed by atoms with E-state index < -0.39 is 0 Å². The number of H-pyrrole nitrogens is 1. The number of rotatable bonds is 9. The van der Waals surface area contributed by atoms with Crippen molar-refractivity contribution in [2.75, 3.05) is 39.2 Å². The van der Waals surface area contributed by atoms with Crippen LogP contribution in [0.5, 0.6) is 5.88 Å². The second-order valence-corrected chi connectivity index (χ2v) is 9.73. The molecule has 1 unspecified atom stereocenters. The van der Waals surface area contributed by atoms with Crippen LogP contribution in [0.25, 0.3) is 21.3 Å². The number of hydrogen-bond acceptors (Lipinski definition) is 9. The molecule has 5 rings (SSSR count). The van der Waals surface area contributed by atoms with Gasteiger partial charge in [-0.15, -0.1) is 11.3 Å². The molecule has 0 fully saturated rings. The molecule has 184 valence electrons. The van der Waals surface area contributed by atoms with E-state index in [4.69, 9.17) is 9.47 Å². The second-order valence-electron chi connectivity index (χ2n) is 8.64. The summed E-state index contributed by atoms with van der Waals surface area (Å²) in [4.78, 5) is 31.0. The van der Waals surface area contributed by atoms with Gasteiger partial charge in [-0.25, -0.2) is 9.97 Å². The molecule has 1 amide bonds. The van der Waals surface area contributed by atoms with Crippen molar-refractivity contribution in [3.63, 3.8) is 0 Å². The number of aryl methyl sites for hydroxylation is 1. The summed E-state index contributed by atoms with van der Waals surface area (Å²) < 4.78 is 10.7. The maximum Gasteiger partial charge on any atom is 0.239 e. The summed E-state index contributed by atoms with van der Waals surface area (Å²) in [6, 6.07) is 1.94. The van der Waals surface area contributed by atoms with Gasteiger partial charge in [0, 0.05) is 36.4 Å². The zero-order valence-corrected chi connectivity index (χ0v) is 20.9. The maximum absolute atomic E-state index is 13.3. The van der Waals surface area contributed by atoms with E-state index in [0.29, 0.717) is 36.2 Å². The van der Waals surface area contributed by atoms with Gasteiger partial charge < -0.3 is 19.7 Å². The van der Waals surface area contributed by atoms with Gasteiger partial charge in [0.05, 0.1) is 25.3 Å². The molecule has 0 radical (unpaired) electrons. The molecular formula is C24H29N7O3S. The van der Waals surface area contributed by atoms with E-state index in [-0.39, 0.29) is 11.8 Å². The number of thiophene rings is 1. The molecule has 0 spiro atoms. The number of carbonyl (C=O) groups is 1. The number of anilines is 2. The summed E-state index contributed by atoms with van der Waals surface area (Å²) in [7, 11) is 3.26. The SMILES string of the molecule is CCCN(CCOC)C(=O)C1CCc2c(sc3ncnc(Nc4cc5cn[nH]c5nc4OC)c23)C1. The molecule has 0 bridgehead atoms. The lowest BCUT2D eigenvalue weighted by molar-refractivity contribution is -0.136. The summed E-state index contributed by atoms with van der Waals surface area (Å²) in [5, 5.41) is 12.2. The Hall–Kier alpha value is -3.31. The Morgan fingerprint density at radius 3 is 3.00 bits per heavy atom. The Balaban J connectivity index is 1.44. The standard InChI is InChI=1S/C24H29N7O3S/c1-4-7-31(8-9-33-2)24(32)14-5-6-16-18(11-14)35-23-19(16)21(25-13-26-23)28-17-10-15-12-27-30-20(15)29-22(17)34-3/h10,12-14H,4-9,11H2,1-3H3,(H,25,26,28)(H,27,29,30). The molecule has 4 heterocycles. The van der Waals surface area contributed by atoms with E-state index in [1.54, 1.807) is 38.1 Å². The molecule has 1 atom stereocenters. The van der Waals surface area contributed by atoms with Crippen LogP contribution in [0.15, 0.2) is 18.6 Å². The number of ether oxygens (including phenoxy) is 2. The summed E-state index contributed by atoms with van der Waals surface area (Å²) >= 11 is 1.65. The normalized spacial score (nSPS) is 15.3. The van der Waals surface area contributed by atoms with Crippen molar-refractivity contribution in [2.45, 2.75) is 32.6 Å². The fraction of sp³-hybridized carbons (Fsp3) is 0.458. The molecule has 1 aliphatic rings. The van der Waals surface area contributed by atoms with Crippen LogP contribution >= 0.6 is 11.3 Å². The predicted molar refractivity (Wildman–Crippen MR) is 135 cm³/mol. The minimum atomic E-state index is -0.0175. The van der Waals surface area contributed by atoms with Crippen LogP contribution in [0.3, 0.4) is 0 Å². The highest BCUT2D eigenvalue weighted by atomic mass is 32.1. The largest absolute Gasteiger partial charge is 0.479 e. The van der Waals surface area contributed by atoms with Crippen molar-refractivity contribution in [3.05, 3.63) is 29.0 Å². The molecule has 0 saturated carbocycles. The van der Waals surface area contributed by atoms with E-state index in [1.165, 1.54) is 10.4 Å². The van der Waals surface area contributed by atoms with E-state index in [1.807, 2.05) is 11.0 Å². The fourth-order valence-electron chi connectivity index (χ4n) is 4.71. The van der Waals surface area contributed by atoms with Crippen molar-refractivity contribution < 1.29 is 14.3 Å². The van der Waals surface area contributed by atoms with Gasteiger partial charge in [0.1, 0.15) is 22.7 Å². The van der Waals surface area contributed by atoms with Gasteiger partial charge in [0.15, 0.2) is 5.65 Å². The highest BCUT2D eigenvalue weighted by molar-refractivity contribution is 7.19. The van der Waals surface area contributed by atoms with Crippen LogP contribution in [0.2, 0.25) is 0 Å². The fourth-order valence-corrected chi connectivity index (χ4v) is 5.98. The molecule has 0 aromatic carbocycles. The minimum absolute atomic E-state index is 0.0175. The number of pyridine rings is 1. The lowest BCUT2D eigenvalue weighted by atomic mass is 9.86. The Bertz CT molecular complexity index is 1350. The van der Waals surface area contributed by atoms with Gasteiger partial charge >= 0.3 is 0 Å². The van der Waals surface area contributed by atoms with Gasteiger partial charge in [-0.3, -0.25) is 9.89 Å². The van der Waals surface area contributed by atoms with Crippen molar-refractivity contribution in [2.24, 2.45) is 5.92 Å². The zero-order valence-electron chi connectivity index (χ0n) is 20.1. The van der Waals surface area contributed by atoms with E-state index in [2.05, 4.69) is 37.4 Å². The number of hydrogen-bond donors (Lipinski definition) is 2. The molecule has 10 nitrogen and oxygen atoms in total. The third-order valence-electron chi connectivity index (χ3n) is 6.40. The van der Waals surface area contributed by atoms with Crippen molar-refractivity contribution in [1.82, 2.24) is 30.0 Å². The van der Waals surface area contributed by atoms with Crippen molar-refractivity contribution in [1.29, 1.82) is 0 Å². The number of fused-ring (bicyclic) bond motifs is 4. The lowest BCUT2D eigenvalue weighted by Gasteiger charge is -2.29. The van der Waals surface area contributed by atoms with Gasteiger partial charge in [-0.1, -0.05) is 6.92 Å². The molecule has 11 heteroatoms. The first kappa shape index (κ1) is 23.4. The number of carbonyl (C=O) groups excluding carboxylic acids is 1. The van der Waals surface area contributed by atoms with Gasteiger partial charge in [0.25, 0.3) is 0 Å². The number of aromatic amines is 1. The summed E-state index contributed by atoms with van der Waals surface area (Å²) in [5.41, 5.74) is 2.59. The number of aromatic nitrogens is 5. The van der Waals surface area contributed by atoms with Crippen LogP contribution < -0.4 is 10.1 Å². The number of methoxy groups -OCH3 is 2. The average molecular weight is 496 g/mol. The maximum atomic E-state index is 13.3. The van der Waals surface area contributed by atoms with Gasteiger partial charge in [0.2, 0.25) is 11.8 Å². The monoisotopic (exact) mass is 495 g/mol. The number of amides is 1. The first-order chi connectivity index (χ1) is 17.1. The molecule has 2 N–H and O–H groups in total. The second kappa shape index (κ2) is 10.1. The van der Waals surface area contributed by atoms with Crippen LogP contribution in [-0.4, -0.2) is 69.9 Å². The van der Waals surface area contributed by atoms with Crippen molar-refractivity contribution >= 4 is 50.0 Å². The van der Waals surface area contributed by atoms with Crippen LogP contribution in [-0.2, 0) is 22.4 Å². The summed E-state index contributed by atoms with van der Waals surface area (Å²) in [6.07, 6.45) is 6.58. The predicted octanol–water partition coefficient (Wildman–Crippen LogP) is 3.70. The third kappa shape index (κ3) is 4.53. The van der Waals surface area contributed by atoms with E-state index >= 15 is 0 Å². The smallest absolute Gasteiger partial charge is 0.239 e. The Labute approximate surface area is 207 Å². The minimum Gasteiger partial charge on any atom is -0.479 e.